The molecule has 0 radical (unpaired) electrons. The number of anilines is 2. The Morgan fingerprint density at radius 2 is 1.17 bits per heavy atom. The van der Waals surface area contributed by atoms with Crippen LogP contribution < -0.4 is 4.90 Å². The van der Waals surface area contributed by atoms with Gasteiger partial charge in [0.15, 0.2) is 0 Å². The first-order chi connectivity index (χ1) is 32.7. The Bertz CT molecular complexity index is 3220. The zero-order valence-corrected chi connectivity index (χ0v) is 38.2. The molecule has 9 aromatic rings. The minimum atomic E-state index is 0.723. The van der Waals surface area contributed by atoms with Gasteiger partial charge in [0.25, 0.3) is 0 Å². The van der Waals surface area contributed by atoms with Gasteiger partial charge >= 0.3 is 0 Å². The lowest BCUT2D eigenvalue weighted by Crippen LogP contribution is -2.14. The van der Waals surface area contributed by atoms with E-state index in [4.69, 9.17) is 0 Å². The number of allylic oxidation sites excluding steroid dienone is 9. The van der Waals surface area contributed by atoms with Crippen LogP contribution in [0, 0.1) is 0 Å². The molecular formula is C64H56N2. The maximum absolute atomic E-state index is 3.86. The first-order valence-corrected chi connectivity index (χ1v) is 23.4. The van der Waals surface area contributed by atoms with Crippen molar-refractivity contribution in [3.63, 3.8) is 0 Å². The van der Waals surface area contributed by atoms with E-state index < -0.39 is 0 Å². The lowest BCUT2D eigenvalue weighted by molar-refractivity contribution is 0.900. The molecule has 0 bridgehead atoms. The lowest BCUT2D eigenvalue weighted by Gasteiger charge is -2.26. The van der Waals surface area contributed by atoms with E-state index in [2.05, 4.69) is 241 Å². The summed E-state index contributed by atoms with van der Waals surface area (Å²) in [6.45, 7) is 10.8. The second kappa shape index (κ2) is 20.3. The molecule has 2 nitrogen and oxygen atoms in total. The highest BCUT2D eigenvalue weighted by Gasteiger charge is 2.31. The van der Waals surface area contributed by atoms with E-state index in [0.717, 1.165) is 25.1 Å². The Hall–Kier alpha value is -7.94. The van der Waals surface area contributed by atoms with E-state index >= 15 is 0 Å². The normalized spacial score (nSPS) is 13.3. The Kier molecular flexibility index (Phi) is 13.3. The molecule has 0 fully saturated rings. The molecule has 1 aliphatic heterocycles. The van der Waals surface area contributed by atoms with Crippen LogP contribution in [0.3, 0.4) is 0 Å². The Morgan fingerprint density at radius 1 is 0.545 bits per heavy atom. The van der Waals surface area contributed by atoms with Crippen molar-refractivity contribution in [2.75, 3.05) is 4.90 Å². The van der Waals surface area contributed by atoms with Crippen molar-refractivity contribution in [3.8, 4) is 33.4 Å². The number of rotatable bonds is 12. The Labute approximate surface area is 391 Å². The summed E-state index contributed by atoms with van der Waals surface area (Å²) < 4.78 is 2.49. The maximum Gasteiger partial charge on any atom is 0.0574 e. The van der Waals surface area contributed by atoms with Gasteiger partial charge < -0.3 is 9.47 Å². The second-order valence-corrected chi connectivity index (χ2v) is 16.3. The van der Waals surface area contributed by atoms with Crippen molar-refractivity contribution >= 4 is 44.3 Å². The van der Waals surface area contributed by atoms with Crippen LogP contribution in [0.5, 0.6) is 0 Å². The molecule has 8 aromatic carbocycles. The summed E-state index contributed by atoms with van der Waals surface area (Å²) in [5, 5.41) is 2.48. The third-order valence-electron chi connectivity index (χ3n) is 12.5. The van der Waals surface area contributed by atoms with Gasteiger partial charge in [0.05, 0.1) is 11.2 Å². The molecular weight excluding hydrogens is 797 g/mol. The van der Waals surface area contributed by atoms with Gasteiger partial charge in [-0.25, -0.2) is 0 Å². The van der Waals surface area contributed by atoms with Crippen molar-refractivity contribution in [2.24, 2.45) is 0 Å². The molecule has 2 heteroatoms. The fourth-order valence-corrected chi connectivity index (χ4v) is 9.49. The van der Waals surface area contributed by atoms with Crippen LogP contribution in [0.1, 0.15) is 43.9 Å². The Balaban J connectivity index is 0.00000270. The monoisotopic (exact) mass is 852 g/mol. The fourth-order valence-electron chi connectivity index (χ4n) is 9.49. The average Bonchev–Trinajstić information content (AvgIpc) is 3.94. The van der Waals surface area contributed by atoms with E-state index in [1.807, 2.05) is 32.1 Å². The maximum atomic E-state index is 3.86. The zero-order valence-electron chi connectivity index (χ0n) is 38.2. The van der Waals surface area contributed by atoms with Crippen molar-refractivity contribution < 1.29 is 0 Å². The van der Waals surface area contributed by atoms with Crippen LogP contribution in [0.4, 0.5) is 11.4 Å². The second-order valence-electron chi connectivity index (χ2n) is 16.3. The fraction of sp³-hybridized carbons (Fsp3) is 0.0938. The van der Waals surface area contributed by atoms with Crippen LogP contribution in [0.15, 0.2) is 249 Å². The minimum Gasteiger partial charge on any atom is -0.336 e. The number of fused-ring (bicyclic) bond motifs is 4. The number of benzene rings is 8. The standard InChI is InChI=1S/C62H50N2.C2H6/c1-3-5-6-7-23-39-63-59-38-37-50(41-57(59)58-43-52(47-27-15-9-16-28-47)42-56(62(58)63)49-31-19-11-20-32-49)54-36-24-33-51-44-60(64(61(51)54)53-34-21-12-22-35-53)55(48-29-17-10-18-30-48)40-45(4-2)46-25-13-8-14-26-46;1-2/h3,5-38,40-43H,1,4,39,44H2,2H3;1-2H3/b6-5-,23-7-,45-40+,60-55-;. The van der Waals surface area contributed by atoms with Crippen LogP contribution in [0.25, 0.3) is 66.3 Å². The molecule has 10 rings (SSSR count). The summed E-state index contributed by atoms with van der Waals surface area (Å²) >= 11 is 0. The molecule has 0 saturated carbocycles. The number of hydrogen-bond donors (Lipinski definition) is 0. The SMILES string of the molecule is C=C/C=C\C=C/Cn1c2ccc(-c3cccc4c3N(c3ccccc3)/C(=C(/C=C(\CC)c3ccccc3)c3ccccc3)C4)cc2c2cc(-c3ccccc3)cc(-c3ccccc3)c21.CC. The number of aromatic nitrogens is 1. The summed E-state index contributed by atoms with van der Waals surface area (Å²) in [6, 6.07) is 73.1. The molecule has 0 spiro atoms. The topological polar surface area (TPSA) is 8.17 Å². The predicted molar refractivity (Wildman–Crippen MR) is 286 cm³/mol. The molecule has 0 aliphatic carbocycles. The van der Waals surface area contributed by atoms with E-state index in [-0.39, 0.29) is 0 Å². The Morgan fingerprint density at radius 3 is 1.83 bits per heavy atom. The molecule has 0 N–H and O–H groups in total. The van der Waals surface area contributed by atoms with E-state index in [1.165, 1.54) is 94.4 Å². The molecule has 1 aromatic heterocycles. The summed E-state index contributed by atoms with van der Waals surface area (Å²) in [7, 11) is 0. The molecule has 0 unspecified atom stereocenters. The van der Waals surface area contributed by atoms with Crippen LogP contribution >= 0.6 is 0 Å². The van der Waals surface area contributed by atoms with Crippen LogP contribution in [0.2, 0.25) is 0 Å². The average molecular weight is 853 g/mol. The van der Waals surface area contributed by atoms with Crippen molar-refractivity contribution in [1.82, 2.24) is 4.57 Å². The number of nitrogens with zero attached hydrogens (tertiary/aromatic N) is 2. The molecule has 0 amide bonds. The molecule has 322 valence electrons. The summed E-state index contributed by atoms with van der Waals surface area (Å²) in [4.78, 5) is 2.54. The van der Waals surface area contributed by atoms with Gasteiger partial charge in [-0.1, -0.05) is 222 Å². The lowest BCUT2D eigenvalue weighted by atomic mass is 9.94. The predicted octanol–water partition coefficient (Wildman–Crippen LogP) is 17.7. The summed E-state index contributed by atoms with van der Waals surface area (Å²) in [5.41, 5.74) is 19.7. The third kappa shape index (κ3) is 8.66. The van der Waals surface area contributed by atoms with E-state index in [0.29, 0.717) is 0 Å². The van der Waals surface area contributed by atoms with Crippen molar-refractivity contribution in [2.45, 2.75) is 40.2 Å². The van der Waals surface area contributed by atoms with Gasteiger partial charge in [-0.3, -0.25) is 0 Å². The van der Waals surface area contributed by atoms with Gasteiger partial charge in [0.1, 0.15) is 0 Å². The first kappa shape index (κ1) is 43.3. The van der Waals surface area contributed by atoms with Gasteiger partial charge in [-0.2, -0.15) is 0 Å². The van der Waals surface area contributed by atoms with Crippen molar-refractivity contribution in [3.05, 3.63) is 266 Å². The third-order valence-corrected chi connectivity index (χ3v) is 12.5. The quantitative estimate of drug-likeness (QED) is 0.111. The summed E-state index contributed by atoms with van der Waals surface area (Å²) in [5.74, 6) is 0. The minimum absolute atomic E-state index is 0.723. The van der Waals surface area contributed by atoms with Gasteiger partial charge in [-0.15, -0.1) is 0 Å². The summed E-state index contributed by atoms with van der Waals surface area (Å²) in [6.07, 6.45) is 14.4. The van der Waals surface area contributed by atoms with Crippen molar-refractivity contribution in [1.29, 1.82) is 0 Å². The molecule has 1 aliphatic rings. The number of para-hydroxylation sites is 2. The van der Waals surface area contributed by atoms with Gasteiger partial charge in [-0.05, 0) is 93.4 Å². The van der Waals surface area contributed by atoms with Crippen LogP contribution in [-0.2, 0) is 13.0 Å². The molecule has 0 atom stereocenters. The molecule has 0 saturated heterocycles. The van der Waals surface area contributed by atoms with Crippen LogP contribution in [-0.4, -0.2) is 4.57 Å². The molecule has 66 heavy (non-hydrogen) atoms. The molecule has 2 heterocycles. The highest BCUT2D eigenvalue weighted by atomic mass is 15.2. The van der Waals surface area contributed by atoms with Gasteiger partial charge in [0, 0.05) is 57.3 Å². The first-order valence-electron chi connectivity index (χ1n) is 23.4. The van der Waals surface area contributed by atoms with E-state index in [9.17, 15) is 0 Å². The van der Waals surface area contributed by atoms with E-state index in [1.54, 1.807) is 0 Å². The largest absolute Gasteiger partial charge is 0.336 e. The smallest absolute Gasteiger partial charge is 0.0574 e. The highest BCUT2D eigenvalue weighted by Crippen LogP contribution is 2.50. The highest BCUT2D eigenvalue weighted by molar-refractivity contribution is 6.15. The zero-order chi connectivity index (χ0) is 45.2. The van der Waals surface area contributed by atoms with Gasteiger partial charge in [0.2, 0.25) is 0 Å². The number of hydrogen-bond acceptors (Lipinski definition) is 1.